The van der Waals surface area contributed by atoms with Gasteiger partial charge in [-0.05, 0) is 29.8 Å². The van der Waals surface area contributed by atoms with E-state index in [1.165, 1.54) is 0 Å². The van der Waals surface area contributed by atoms with Gasteiger partial charge in [0.05, 0.1) is 26.7 Å². The number of rotatable bonds is 7. The molecule has 0 saturated heterocycles. The van der Waals surface area contributed by atoms with Crippen LogP contribution in [0.5, 0.6) is 11.5 Å². The number of carbonyl (C=O) groups excluding carboxylic acids is 2. The number of primary amides is 1. The van der Waals surface area contributed by atoms with Gasteiger partial charge in [-0.2, -0.15) is 0 Å². The topological polar surface area (TPSA) is 106 Å². The lowest BCUT2D eigenvalue weighted by atomic mass is 10.0. The van der Waals surface area contributed by atoms with E-state index in [4.69, 9.17) is 26.8 Å². The Bertz CT molecular complexity index is 990. The first-order valence-corrected chi connectivity index (χ1v) is 8.88. The smallest absolute Gasteiger partial charge is 0.268 e. The van der Waals surface area contributed by atoms with Crippen molar-refractivity contribution >= 4 is 34.3 Å². The van der Waals surface area contributed by atoms with Gasteiger partial charge in [0.1, 0.15) is 5.69 Å². The Balaban J connectivity index is 1.90. The normalized spacial score (nSPS) is 11.8. The molecule has 7 nitrogen and oxygen atoms in total. The molecule has 3 aromatic rings. The Hall–Kier alpha value is -3.19. The predicted octanol–water partition coefficient (Wildman–Crippen LogP) is 3.19. The number of ether oxygens (including phenoxy) is 2. The van der Waals surface area contributed by atoms with Crippen LogP contribution in [-0.4, -0.2) is 31.0 Å². The molecule has 3 rings (SSSR count). The first-order chi connectivity index (χ1) is 13.4. The first kappa shape index (κ1) is 19.6. The summed E-state index contributed by atoms with van der Waals surface area (Å²) in [6.45, 7) is 0. The Morgan fingerprint density at radius 3 is 2.50 bits per heavy atom. The van der Waals surface area contributed by atoms with Crippen LogP contribution in [0, 0.1) is 0 Å². The minimum absolute atomic E-state index is 0.0477. The second-order valence-corrected chi connectivity index (χ2v) is 6.67. The van der Waals surface area contributed by atoms with Crippen molar-refractivity contribution in [3.05, 3.63) is 58.7 Å². The van der Waals surface area contributed by atoms with Gasteiger partial charge in [0.2, 0.25) is 5.91 Å². The maximum atomic E-state index is 12.8. The van der Waals surface area contributed by atoms with Gasteiger partial charge >= 0.3 is 0 Å². The number of benzene rings is 2. The number of halogens is 1. The largest absolute Gasteiger partial charge is 0.493 e. The fraction of sp³-hybridized carbons (Fsp3) is 0.200. The highest BCUT2D eigenvalue weighted by atomic mass is 35.5. The summed E-state index contributed by atoms with van der Waals surface area (Å²) in [5, 5.41) is 4.13. The molecule has 1 aromatic heterocycles. The summed E-state index contributed by atoms with van der Waals surface area (Å²) in [4.78, 5) is 27.3. The van der Waals surface area contributed by atoms with Gasteiger partial charge in [0, 0.05) is 22.0 Å². The van der Waals surface area contributed by atoms with Gasteiger partial charge < -0.3 is 25.5 Å². The first-order valence-electron chi connectivity index (χ1n) is 8.50. The van der Waals surface area contributed by atoms with Gasteiger partial charge in [-0.3, -0.25) is 9.59 Å². The van der Waals surface area contributed by atoms with Crippen LogP contribution in [-0.2, 0) is 4.79 Å². The second-order valence-electron chi connectivity index (χ2n) is 6.23. The molecule has 146 valence electrons. The summed E-state index contributed by atoms with van der Waals surface area (Å²) in [6, 6.07) is 11.6. The quantitative estimate of drug-likeness (QED) is 0.565. The molecule has 0 fully saturated rings. The second kappa shape index (κ2) is 8.22. The molecule has 8 heteroatoms. The highest BCUT2D eigenvalue weighted by Crippen LogP contribution is 2.32. The van der Waals surface area contributed by atoms with Crippen molar-refractivity contribution in [2.75, 3.05) is 14.2 Å². The molecule has 0 saturated carbocycles. The van der Waals surface area contributed by atoms with Crippen molar-refractivity contribution in [3.8, 4) is 11.5 Å². The maximum absolute atomic E-state index is 12.8. The molecular weight excluding hydrogens is 382 g/mol. The van der Waals surface area contributed by atoms with Gasteiger partial charge in [-0.1, -0.05) is 23.7 Å². The standard InChI is InChI=1S/C20H20ClN3O4/c1-27-17-8-12-7-16(23-14(12)9-18(17)28-2)20(26)24-15(10-19(22)25)11-4-3-5-13(21)6-11/h3-9,15,23H,10H2,1-2H3,(H2,22,25)(H,24,26)/t15-/m1/s1. The van der Waals surface area contributed by atoms with E-state index in [9.17, 15) is 9.59 Å². The third kappa shape index (κ3) is 4.20. The highest BCUT2D eigenvalue weighted by Gasteiger charge is 2.20. The highest BCUT2D eigenvalue weighted by molar-refractivity contribution is 6.30. The van der Waals surface area contributed by atoms with Crippen LogP contribution >= 0.6 is 11.6 Å². The van der Waals surface area contributed by atoms with Crippen molar-refractivity contribution in [2.45, 2.75) is 12.5 Å². The van der Waals surface area contributed by atoms with Crippen molar-refractivity contribution in [2.24, 2.45) is 5.73 Å². The Morgan fingerprint density at radius 2 is 1.86 bits per heavy atom. The number of nitrogens with one attached hydrogen (secondary N) is 2. The van der Waals surface area contributed by atoms with Gasteiger partial charge in [-0.25, -0.2) is 0 Å². The van der Waals surface area contributed by atoms with Crippen molar-refractivity contribution in [1.82, 2.24) is 10.3 Å². The average molecular weight is 402 g/mol. The zero-order chi connectivity index (χ0) is 20.3. The van der Waals surface area contributed by atoms with Gasteiger partial charge in [0.15, 0.2) is 11.5 Å². The predicted molar refractivity (Wildman–Crippen MR) is 107 cm³/mol. The number of carbonyl (C=O) groups is 2. The molecule has 0 spiro atoms. The average Bonchev–Trinajstić information content (AvgIpc) is 3.09. The van der Waals surface area contributed by atoms with E-state index < -0.39 is 11.9 Å². The number of fused-ring (bicyclic) bond motifs is 1. The van der Waals surface area contributed by atoms with E-state index in [0.29, 0.717) is 27.8 Å². The summed E-state index contributed by atoms with van der Waals surface area (Å²) >= 11 is 6.03. The Kier molecular flexibility index (Phi) is 5.75. The number of aromatic amines is 1. The maximum Gasteiger partial charge on any atom is 0.268 e. The van der Waals surface area contributed by atoms with Crippen LogP contribution in [0.3, 0.4) is 0 Å². The molecule has 0 radical (unpaired) electrons. The molecule has 0 unspecified atom stereocenters. The lowest BCUT2D eigenvalue weighted by Gasteiger charge is -2.17. The van der Waals surface area contributed by atoms with Crippen LogP contribution in [0.1, 0.15) is 28.5 Å². The summed E-state index contributed by atoms with van der Waals surface area (Å²) in [6.07, 6.45) is -0.0477. The summed E-state index contributed by atoms with van der Waals surface area (Å²) in [5.41, 5.74) is 7.10. The molecular formula is C20H20ClN3O4. The Labute approximate surface area is 166 Å². The third-order valence-electron chi connectivity index (χ3n) is 4.33. The molecule has 28 heavy (non-hydrogen) atoms. The number of methoxy groups -OCH3 is 2. The molecule has 0 aliphatic rings. The summed E-state index contributed by atoms with van der Waals surface area (Å²) < 4.78 is 10.6. The van der Waals surface area contributed by atoms with Crippen molar-refractivity contribution in [3.63, 3.8) is 0 Å². The minimum atomic E-state index is -0.598. The Morgan fingerprint density at radius 1 is 1.14 bits per heavy atom. The number of hydrogen-bond acceptors (Lipinski definition) is 4. The molecule has 1 atom stereocenters. The number of aromatic nitrogens is 1. The van der Waals surface area contributed by atoms with Crippen LogP contribution in [0.25, 0.3) is 10.9 Å². The number of nitrogens with two attached hydrogens (primary N) is 1. The van der Waals surface area contributed by atoms with Crippen LogP contribution in [0.15, 0.2) is 42.5 Å². The van der Waals surface area contributed by atoms with Gasteiger partial charge in [-0.15, -0.1) is 0 Å². The zero-order valence-corrected chi connectivity index (χ0v) is 16.2. The molecule has 0 aliphatic heterocycles. The summed E-state index contributed by atoms with van der Waals surface area (Å²) in [7, 11) is 3.09. The van der Waals surface area contributed by atoms with Crippen LogP contribution in [0.4, 0.5) is 0 Å². The molecule has 2 amide bonds. The zero-order valence-electron chi connectivity index (χ0n) is 15.4. The van der Waals surface area contributed by atoms with E-state index in [0.717, 1.165) is 10.9 Å². The molecule has 1 heterocycles. The lowest BCUT2D eigenvalue weighted by Crippen LogP contribution is -2.32. The van der Waals surface area contributed by atoms with E-state index in [2.05, 4.69) is 10.3 Å². The number of amides is 2. The lowest BCUT2D eigenvalue weighted by molar-refractivity contribution is -0.118. The van der Waals surface area contributed by atoms with Crippen LogP contribution < -0.4 is 20.5 Å². The summed E-state index contributed by atoms with van der Waals surface area (Å²) in [5.74, 6) is 0.206. The van der Waals surface area contributed by atoms with E-state index >= 15 is 0 Å². The van der Waals surface area contributed by atoms with E-state index in [1.807, 2.05) is 0 Å². The fourth-order valence-electron chi connectivity index (χ4n) is 2.99. The number of hydrogen-bond donors (Lipinski definition) is 3. The third-order valence-corrected chi connectivity index (χ3v) is 4.57. The van der Waals surface area contributed by atoms with Crippen LogP contribution in [0.2, 0.25) is 5.02 Å². The molecule has 4 N–H and O–H groups in total. The molecule has 0 bridgehead atoms. The van der Waals surface area contributed by atoms with E-state index in [-0.39, 0.29) is 12.3 Å². The van der Waals surface area contributed by atoms with Crippen molar-refractivity contribution in [1.29, 1.82) is 0 Å². The number of H-pyrrole nitrogens is 1. The SMILES string of the molecule is COc1cc2cc(C(=O)N[C@H](CC(N)=O)c3cccc(Cl)c3)[nH]c2cc1OC. The van der Waals surface area contributed by atoms with Gasteiger partial charge in [0.25, 0.3) is 5.91 Å². The minimum Gasteiger partial charge on any atom is -0.493 e. The van der Waals surface area contributed by atoms with E-state index in [1.54, 1.807) is 56.7 Å². The fourth-order valence-corrected chi connectivity index (χ4v) is 3.19. The van der Waals surface area contributed by atoms with Crippen molar-refractivity contribution < 1.29 is 19.1 Å². The molecule has 2 aromatic carbocycles. The molecule has 0 aliphatic carbocycles. The monoisotopic (exact) mass is 401 g/mol.